The summed E-state index contributed by atoms with van der Waals surface area (Å²) in [5.41, 5.74) is 0. The van der Waals surface area contributed by atoms with E-state index in [-0.39, 0.29) is 18.5 Å². The molecule has 0 aliphatic carbocycles. The monoisotopic (exact) mass is 301 g/mol. The van der Waals surface area contributed by atoms with E-state index >= 15 is 0 Å². The molecule has 1 N–H and O–H groups in total. The van der Waals surface area contributed by atoms with E-state index in [1.165, 1.54) is 22.3 Å². The maximum absolute atomic E-state index is 12.0. The van der Waals surface area contributed by atoms with Gasteiger partial charge >= 0.3 is 5.97 Å². The van der Waals surface area contributed by atoms with E-state index in [1.807, 2.05) is 19.9 Å². The Balaban J connectivity index is 2.76. The van der Waals surface area contributed by atoms with Gasteiger partial charge in [0, 0.05) is 17.0 Å². The van der Waals surface area contributed by atoms with Crippen molar-refractivity contribution in [3.05, 3.63) is 27.4 Å². The fourth-order valence-electron chi connectivity index (χ4n) is 1.48. The summed E-state index contributed by atoms with van der Waals surface area (Å²) in [6, 6.07) is 3.45. The van der Waals surface area contributed by atoms with Crippen molar-refractivity contribution < 1.29 is 14.7 Å². The molecule has 0 spiro atoms. The molecule has 1 unspecified atom stereocenters. The van der Waals surface area contributed by atoms with Crippen LogP contribution in [0.3, 0.4) is 0 Å². The Morgan fingerprint density at radius 2 is 2.21 bits per heavy atom. The highest BCUT2D eigenvalue weighted by Gasteiger charge is 2.19. The molecule has 4 nitrogen and oxygen atoms in total. The number of carboxylic acid groups (broad SMARTS) is 1. The highest BCUT2D eigenvalue weighted by Crippen LogP contribution is 2.22. The van der Waals surface area contributed by atoms with Crippen molar-refractivity contribution in [2.45, 2.75) is 26.3 Å². The lowest BCUT2D eigenvalue weighted by Gasteiger charge is -2.25. The van der Waals surface area contributed by atoms with Crippen molar-refractivity contribution >= 4 is 40.9 Å². The first-order valence-corrected chi connectivity index (χ1v) is 7.09. The van der Waals surface area contributed by atoms with E-state index < -0.39 is 5.97 Å². The Labute approximate surface area is 121 Å². The number of rotatable bonds is 6. The molecule has 19 heavy (non-hydrogen) atoms. The first kappa shape index (κ1) is 15.7. The van der Waals surface area contributed by atoms with E-state index in [4.69, 9.17) is 16.7 Å². The van der Waals surface area contributed by atoms with Gasteiger partial charge in [-0.2, -0.15) is 0 Å². The van der Waals surface area contributed by atoms with E-state index in [1.54, 1.807) is 12.1 Å². The summed E-state index contributed by atoms with van der Waals surface area (Å²) in [4.78, 5) is 25.0. The SMILES string of the molecule is CCC(C)N(CC(=O)O)C(=O)/C=C/c1ccc(Cl)s1. The second kappa shape index (κ2) is 7.31. The lowest BCUT2D eigenvalue weighted by atomic mass is 10.2. The summed E-state index contributed by atoms with van der Waals surface area (Å²) in [5.74, 6) is -1.32. The molecule has 0 aliphatic rings. The van der Waals surface area contributed by atoms with E-state index in [0.717, 1.165) is 4.88 Å². The number of carbonyl (C=O) groups is 2. The molecule has 104 valence electrons. The minimum absolute atomic E-state index is 0.111. The molecule has 0 radical (unpaired) electrons. The third-order valence-corrected chi connectivity index (χ3v) is 3.89. The summed E-state index contributed by atoms with van der Waals surface area (Å²) in [6.45, 7) is 3.45. The quantitative estimate of drug-likeness (QED) is 0.821. The van der Waals surface area contributed by atoms with Gasteiger partial charge in [-0.3, -0.25) is 9.59 Å². The van der Waals surface area contributed by atoms with Crippen molar-refractivity contribution in [2.24, 2.45) is 0 Å². The summed E-state index contributed by atoms with van der Waals surface area (Å²) < 4.78 is 0.649. The Bertz CT molecular complexity index is 484. The average Bonchev–Trinajstić information content (AvgIpc) is 2.77. The highest BCUT2D eigenvalue weighted by atomic mass is 35.5. The molecule has 1 atom stereocenters. The molecule has 0 bridgehead atoms. The van der Waals surface area contributed by atoms with E-state index in [0.29, 0.717) is 10.8 Å². The lowest BCUT2D eigenvalue weighted by Crippen LogP contribution is -2.40. The number of carbonyl (C=O) groups excluding carboxylic acids is 1. The topological polar surface area (TPSA) is 57.6 Å². The zero-order valence-corrected chi connectivity index (χ0v) is 12.4. The second-order valence-electron chi connectivity index (χ2n) is 4.09. The Morgan fingerprint density at radius 3 is 2.68 bits per heavy atom. The van der Waals surface area contributed by atoms with Crippen LogP contribution in [0.1, 0.15) is 25.1 Å². The highest BCUT2D eigenvalue weighted by molar-refractivity contribution is 7.17. The van der Waals surface area contributed by atoms with Gasteiger partial charge in [-0.15, -0.1) is 11.3 Å². The lowest BCUT2D eigenvalue weighted by molar-refractivity contribution is -0.144. The summed E-state index contributed by atoms with van der Waals surface area (Å²) in [7, 11) is 0. The van der Waals surface area contributed by atoms with Gasteiger partial charge in [-0.1, -0.05) is 18.5 Å². The van der Waals surface area contributed by atoms with Crippen LogP contribution in [0.5, 0.6) is 0 Å². The molecule has 0 aromatic carbocycles. The molecule has 1 heterocycles. The number of hydrogen-bond donors (Lipinski definition) is 1. The minimum atomic E-state index is -1.01. The summed E-state index contributed by atoms with van der Waals surface area (Å²) in [6.07, 6.45) is 3.74. The van der Waals surface area contributed by atoms with Crippen molar-refractivity contribution in [1.29, 1.82) is 0 Å². The molecule has 1 rings (SSSR count). The number of aliphatic carboxylic acids is 1. The maximum atomic E-state index is 12.0. The number of hydrogen-bond acceptors (Lipinski definition) is 3. The third-order valence-electron chi connectivity index (χ3n) is 2.70. The van der Waals surface area contributed by atoms with Crippen LogP contribution >= 0.6 is 22.9 Å². The van der Waals surface area contributed by atoms with Crippen LogP contribution in [-0.4, -0.2) is 34.5 Å². The van der Waals surface area contributed by atoms with Gasteiger partial charge in [-0.25, -0.2) is 0 Å². The fraction of sp³-hybridized carbons (Fsp3) is 0.385. The number of carboxylic acids is 1. The summed E-state index contributed by atoms with van der Waals surface area (Å²) in [5, 5.41) is 8.83. The van der Waals surface area contributed by atoms with Crippen LogP contribution in [0.2, 0.25) is 4.34 Å². The number of amides is 1. The van der Waals surface area contributed by atoms with Crippen LogP contribution in [0, 0.1) is 0 Å². The summed E-state index contributed by atoms with van der Waals surface area (Å²) >= 11 is 7.15. The Kier molecular flexibility index (Phi) is 6.05. The normalized spacial score (nSPS) is 12.6. The third kappa shape index (κ3) is 5.04. The molecule has 1 amide bonds. The molecule has 0 aliphatic heterocycles. The van der Waals surface area contributed by atoms with Gasteiger partial charge in [0.15, 0.2) is 0 Å². The van der Waals surface area contributed by atoms with Crippen LogP contribution < -0.4 is 0 Å². The molecular formula is C13H16ClNO3S. The molecule has 0 fully saturated rings. The zero-order valence-electron chi connectivity index (χ0n) is 10.8. The Hall–Kier alpha value is -1.33. The number of nitrogens with zero attached hydrogens (tertiary/aromatic N) is 1. The first-order chi connectivity index (χ1) is 8.93. The molecule has 1 aromatic rings. The predicted molar refractivity (Wildman–Crippen MR) is 77.5 cm³/mol. The second-order valence-corrected chi connectivity index (χ2v) is 5.84. The fourth-order valence-corrected chi connectivity index (χ4v) is 2.45. The minimum Gasteiger partial charge on any atom is -0.480 e. The molecule has 0 saturated carbocycles. The van der Waals surface area contributed by atoms with Crippen molar-refractivity contribution in [3.8, 4) is 0 Å². The van der Waals surface area contributed by atoms with Gasteiger partial charge in [0.2, 0.25) is 5.91 Å². The van der Waals surface area contributed by atoms with Crippen LogP contribution in [0.4, 0.5) is 0 Å². The Morgan fingerprint density at radius 1 is 1.53 bits per heavy atom. The molecule has 1 aromatic heterocycles. The van der Waals surface area contributed by atoms with Gasteiger partial charge in [-0.05, 0) is 31.6 Å². The van der Waals surface area contributed by atoms with Crippen molar-refractivity contribution in [1.82, 2.24) is 4.90 Å². The first-order valence-electron chi connectivity index (χ1n) is 5.89. The van der Waals surface area contributed by atoms with Crippen molar-refractivity contribution in [3.63, 3.8) is 0 Å². The number of thiophene rings is 1. The van der Waals surface area contributed by atoms with Gasteiger partial charge in [0.25, 0.3) is 0 Å². The average molecular weight is 302 g/mol. The van der Waals surface area contributed by atoms with Gasteiger partial charge in [0.05, 0.1) is 4.34 Å². The zero-order chi connectivity index (χ0) is 14.4. The van der Waals surface area contributed by atoms with E-state index in [2.05, 4.69) is 0 Å². The smallest absolute Gasteiger partial charge is 0.323 e. The maximum Gasteiger partial charge on any atom is 0.323 e. The standard InChI is InChI=1S/C13H16ClNO3S/c1-3-9(2)15(8-13(17)18)12(16)7-5-10-4-6-11(14)19-10/h4-7,9H,3,8H2,1-2H3,(H,17,18)/b7-5+. The van der Waals surface area contributed by atoms with E-state index in [9.17, 15) is 9.59 Å². The molecule has 6 heteroatoms. The van der Waals surface area contributed by atoms with Crippen LogP contribution in [-0.2, 0) is 9.59 Å². The predicted octanol–water partition coefficient (Wildman–Crippen LogP) is 3.13. The molecule has 0 saturated heterocycles. The number of halogens is 1. The van der Waals surface area contributed by atoms with Gasteiger partial charge in [0.1, 0.15) is 6.54 Å². The van der Waals surface area contributed by atoms with Crippen LogP contribution in [0.15, 0.2) is 18.2 Å². The van der Waals surface area contributed by atoms with Gasteiger partial charge < -0.3 is 10.0 Å². The molecular weight excluding hydrogens is 286 g/mol. The van der Waals surface area contributed by atoms with Crippen molar-refractivity contribution in [2.75, 3.05) is 6.54 Å². The largest absolute Gasteiger partial charge is 0.480 e. The van der Waals surface area contributed by atoms with Crippen LogP contribution in [0.25, 0.3) is 6.08 Å².